The van der Waals surface area contributed by atoms with Crippen molar-refractivity contribution in [1.82, 2.24) is 0 Å². The SMILES string of the molecule is CCOC(=O)C(CC1(C)CC1(Cl)Cl)C(=O)OCC. The highest BCUT2D eigenvalue weighted by molar-refractivity contribution is 6.51. The molecule has 104 valence electrons. The molecule has 1 rings (SSSR count). The zero-order chi connectivity index (χ0) is 14.0. The Kier molecular flexibility index (Phi) is 4.90. The van der Waals surface area contributed by atoms with Crippen molar-refractivity contribution in [2.45, 2.75) is 37.9 Å². The van der Waals surface area contributed by atoms with Gasteiger partial charge in [0.05, 0.1) is 13.2 Å². The molecule has 1 fully saturated rings. The first kappa shape index (κ1) is 15.6. The monoisotopic (exact) mass is 296 g/mol. The van der Waals surface area contributed by atoms with E-state index in [1.165, 1.54) is 0 Å². The van der Waals surface area contributed by atoms with Crippen LogP contribution >= 0.6 is 23.2 Å². The predicted molar refractivity (Wildman–Crippen MR) is 68.5 cm³/mol. The summed E-state index contributed by atoms with van der Waals surface area (Å²) in [5.74, 6) is -2.10. The summed E-state index contributed by atoms with van der Waals surface area (Å²) in [6, 6.07) is 0. The largest absolute Gasteiger partial charge is 0.465 e. The maximum absolute atomic E-state index is 11.8. The fourth-order valence-electron chi connectivity index (χ4n) is 1.87. The topological polar surface area (TPSA) is 52.6 Å². The number of hydrogen-bond donors (Lipinski definition) is 0. The van der Waals surface area contributed by atoms with Crippen LogP contribution in [-0.2, 0) is 19.1 Å². The van der Waals surface area contributed by atoms with Crippen LogP contribution in [0.3, 0.4) is 0 Å². The number of esters is 2. The first-order valence-corrected chi connectivity index (χ1v) is 6.74. The smallest absolute Gasteiger partial charge is 0.320 e. The maximum Gasteiger partial charge on any atom is 0.320 e. The zero-order valence-electron chi connectivity index (χ0n) is 10.8. The fraction of sp³-hybridized carbons (Fsp3) is 0.833. The van der Waals surface area contributed by atoms with Crippen molar-refractivity contribution < 1.29 is 19.1 Å². The molecule has 18 heavy (non-hydrogen) atoms. The molecule has 1 unspecified atom stereocenters. The third-order valence-corrected chi connectivity index (χ3v) is 4.35. The molecule has 0 aromatic carbocycles. The molecule has 0 radical (unpaired) electrons. The Bertz CT molecular complexity index is 325. The molecule has 0 amide bonds. The minimum absolute atomic E-state index is 0.221. The maximum atomic E-state index is 11.8. The number of halogens is 2. The van der Waals surface area contributed by atoms with Gasteiger partial charge in [-0.25, -0.2) is 0 Å². The lowest BCUT2D eigenvalue weighted by atomic mass is 9.93. The van der Waals surface area contributed by atoms with Gasteiger partial charge in [0.1, 0.15) is 4.33 Å². The Hall–Kier alpha value is -0.480. The van der Waals surface area contributed by atoms with Gasteiger partial charge in [-0.3, -0.25) is 9.59 Å². The molecule has 0 heterocycles. The number of carbonyl (C=O) groups is 2. The summed E-state index contributed by atoms with van der Waals surface area (Å²) in [6.45, 7) is 5.66. The standard InChI is InChI=1S/C12H18Cl2O4/c1-4-17-9(15)8(10(16)18-5-2)6-11(3)7-12(11,13)14/h8H,4-7H2,1-3H3. The molecule has 0 aromatic rings. The van der Waals surface area contributed by atoms with Crippen molar-refractivity contribution >= 4 is 35.1 Å². The molecule has 0 spiro atoms. The molecule has 6 heteroatoms. The van der Waals surface area contributed by atoms with Crippen LogP contribution in [0.2, 0.25) is 0 Å². The van der Waals surface area contributed by atoms with Crippen LogP contribution in [-0.4, -0.2) is 29.5 Å². The van der Waals surface area contributed by atoms with Gasteiger partial charge in [0.25, 0.3) is 0 Å². The van der Waals surface area contributed by atoms with Crippen LogP contribution < -0.4 is 0 Å². The van der Waals surface area contributed by atoms with Gasteiger partial charge in [0.15, 0.2) is 5.92 Å². The van der Waals surface area contributed by atoms with Crippen molar-refractivity contribution in [3.05, 3.63) is 0 Å². The zero-order valence-corrected chi connectivity index (χ0v) is 12.3. The van der Waals surface area contributed by atoms with Gasteiger partial charge >= 0.3 is 11.9 Å². The second-order valence-corrected chi connectivity index (χ2v) is 6.19. The van der Waals surface area contributed by atoms with Crippen LogP contribution in [0.5, 0.6) is 0 Å². The van der Waals surface area contributed by atoms with Gasteiger partial charge in [0.2, 0.25) is 0 Å². The second-order valence-electron chi connectivity index (χ2n) is 4.70. The lowest BCUT2D eigenvalue weighted by Gasteiger charge is -2.19. The molecule has 0 aliphatic heterocycles. The van der Waals surface area contributed by atoms with Crippen molar-refractivity contribution in [2.24, 2.45) is 11.3 Å². The molecular weight excluding hydrogens is 279 g/mol. The normalized spacial score (nSPS) is 24.8. The van der Waals surface area contributed by atoms with E-state index in [2.05, 4.69) is 0 Å². The third-order valence-electron chi connectivity index (χ3n) is 3.17. The Morgan fingerprint density at radius 2 is 1.56 bits per heavy atom. The van der Waals surface area contributed by atoms with Crippen LogP contribution in [0.15, 0.2) is 0 Å². The quantitative estimate of drug-likeness (QED) is 0.430. The average molecular weight is 297 g/mol. The summed E-state index contributed by atoms with van der Waals surface area (Å²) < 4.78 is 8.90. The van der Waals surface area contributed by atoms with Crippen LogP contribution in [0.25, 0.3) is 0 Å². The molecule has 1 aliphatic carbocycles. The molecule has 1 saturated carbocycles. The highest BCUT2D eigenvalue weighted by atomic mass is 35.5. The first-order chi connectivity index (χ1) is 8.27. The Morgan fingerprint density at radius 1 is 1.17 bits per heavy atom. The van der Waals surface area contributed by atoms with Gasteiger partial charge in [-0.05, 0) is 26.7 Å². The average Bonchev–Trinajstić information content (AvgIpc) is 2.75. The fourth-order valence-corrected chi connectivity index (χ4v) is 2.61. The van der Waals surface area contributed by atoms with Crippen LogP contribution in [0.1, 0.15) is 33.6 Å². The Balaban J connectivity index is 2.73. The van der Waals surface area contributed by atoms with Crippen molar-refractivity contribution in [3.8, 4) is 0 Å². The van der Waals surface area contributed by atoms with E-state index in [0.717, 1.165) is 0 Å². The van der Waals surface area contributed by atoms with Gasteiger partial charge in [-0.1, -0.05) is 6.92 Å². The van der Waals surface area contributed by atoms with E-state index in [1.807, 2.05) is 6.92 Å². The minimum atomic E-state index is -0.950. The number of hydrogen-bond acceptors (Lipinski definition) is 4. The van der Waals surface area contributed by atoms with E-state index in [1.54, 1.807) is 13.8 Å². The van der Waals surface area contributed by atoms with E-state index in [9.17, 15) is 9.59 Å². The summed E-state index contributed by atoms with van der Waals surface area (Å²) in [5, 5.41) is 0. The highest BCUT2D eigenvalue weighted by Crippen LogP contribution is 2.66. The van der Waals surface area contributed by atoms with E-state index >= 15 is 0 Å². The van der Waals surface area contributed by atoms with Crippen molar-refractivity contribution in [1.29, 1.82) is 0 Å². The molecule has 1 aliphatic rings. The summed E-state index contributed by atoms with van der Waals surface area (Å²) >= 11 is 12.0. The van der Waals surface area contributed by atoms with Crippen molar-refractivity contribution in [2.75, 3.05) is 13.2 Å². The lowest BCUT2D eigenvalue weighted by Crippen LogP contribution is -2.31. The first-order valence-electron chi connectivity index (χ1n) is 5.98. The lowest BCUT2D eigenvalue weighted by molar-refractivity contribution is -0.162. The van der Waals surface area contributed by atoms with E-state index in [0.29, 0.717) is 6.42 Å². The molecular formula is C12H18Cl2O4. The molecule has 0 aromatic heterocycles. The summed E-state index contributed by atoms with van der Waals surface area (Å²) in [5.41, 5.74) is -0.444. The van der Waals surface area contributed by atoms with E-state index in [4.69, 9.17) is 32.7 Å². The molecule has 0 bridgehead atoms. The number of rotatable bonds is 6. The summed E-state index contributed by atoms with van der Waals surface area (Å²) in [6.07, 6.45) is 0.802. The minimum Gasteiger partial charge on any atom is -0.465 e. The number of alkyl halides is 2. The van der Waals surface area contributed by atoms with Gasteiger partial charge in [-0.2, -0.15) is 0 Å². The van der Waals surface area contributed by atoms with E-state index in [-0.39, 0.29) is 19.6 Å². The third kappa shape index (κ3) is 3.29. The molecule has 1 atom stereocenters. The predicted octanol–water partition coefficient (Wildman–Crippen LogP) is 2.70. The summed E-state index contributed by atoms with van der Waals surface area (Å²) in [7, 11) is 0. The highest BCUT2D eigenvalue weighted by Gasteiger charge is 2.64. The number of carbonyl (C=O) groups excluding carboxylic acids is 2. The molecule has 0 saturated heterocycles. The van der Waals surface area contributed by atoms with Crippen molar-refractivity contribution in [3.63, 3.8) is 0 Å². The number of ether oxygens (including phenoxy) is 2. The summed E-state index contributed by atoms with van der Waals surface area (Å²) in [4.78, 5) is 23.5. The second kappa shape index (κ2) is 5.66. The van der Waals surface area contributed by atoms with Crippen LogP contribution in [0.4, 0.5) is 0 Å². The van der Waals surface area contributed by atoms with E-state index < -0.39 is 27.6 Å². The molecule has 0 N–H and O–H groups in total. The van der Waals surface area contributed by atoms with Crippen LogP contribution in [0, 0.1) is 11.3 Å². The van der Waals surface area contributed by atoms with Gasteiger partial charge in [-0.15, -0.1) is 23.2 Å². The Labute approximate surface area is 117 Å². The van der Waals surface area contributed by atoms with Gasteiger partial charge in [0, 0.05) is 5.41 Å². The van der Waals surface area contributed by atoms with Gasteiger partial charge < -0.3 is 9.47 Å². The molecule has 4 nitrogen and oxygen atoms in total. The Morgan fingerprint density at radius 3 is 1.83 bits per heavy atom.